The maximum Gasteiger partial charge on any atom is 0.434 e. The van der Waals surface area contributed by atoms with E-state index in [0.717, 1.165) is 24.1 Å². The van der Waals surface area contributed by atoms with Crippen LogP contribution in [0.4, 0.5) is 29.5 Å². The van der Waals surface area contributed by atoms with Gasteiger partial charge in [-0.1, -0.05) is 0 Å². The second-order valence-electron chi connectivity index (χ2n) is 13.2. The normalized spacial score (nSPS) is 20.3. The minimum absolute atomic E-state index is 0.0630. The lowest BCUT2D eigenvalue weighted by atomic mass is 9.91. The summed E-state index contributed by atoms with van der Waals surface area (Å²) >= 11 is 0. The van der Waals surface area contributed by atoms with Gasteiger partial charge in [0.25, 0.3) is 0 Å². The number of methoxy groups -OCH3 is 1. The van der Waals surface area contributed by atoms with Crippen LogP contribution in [0.25, 0.3) is 0 Å². The van der Waals surface area contributed by atoms with Crippen LogP contribution in [0.1, 0.15) is 62.0 Å². The molecule has 0 aliphatic carbocycles. The van der Waals surface area contributed by atoms with Gasteiger partial charge in [-0.15, -0.1) is 0 Å². The molecule has 0 N–H and O–H groups in total. The van der Waals surface area contributed by atoms with Crippen molar-refractivity contribution in [2.45, 2.75) is 70.3 Å². The van der Waals surface area contributed by atoms with Gasteiger partial charge in [0.2, 0.25) is 0 Å². The van der Waals surface area contributed by atoms with E-state index in [4.69, 9.17) is 9.47 Å². The molecule has 3 aliphatic heterocycles. The van der Waals surface area contributed by atoms with E-state index in [-0.39, 0.29) is 43.1 Å². The van der Waals surface area contributed by atoms with E-state index in [9.17, 15) is 28.0 Å². The summed E-state index contributed by atoms with van der Waals surface area (Å²) in [5.74, 6) is -0.0959. The summed E-state index contributed by atoms with van der Waals surface area (Å²) in [5.41, 5.74) is -0.0274. The maximum atomic E-state index is 14.3. The van der Waals surface area contributed by atoms with Crippen LogP contribution in [0.5, 0.6) is 0 Å². The zero-order valence-corrected chi connectivity index (χ0v) is 27.1. The van der Waals surface area contributed by atoms with Crippen molar-refractivity contribution in [3.8, 4) is 6.07 Å². The SMILES string of the molecule is COC(=O)C1CN(C(=O)OC(C)(C)C)CCN1C1CN(c2cc(N3CCC(c4c(C)cnn4C)CC3)nc(C(F)(F)F)c2C#N)C1. The van der Waals surface area contributed by atoms with Crippen LogP contribution in [-0.2, 0) is 27.5 Å². The number of anilines is 2. The first-order chi connectivity index (χ1) is 21.6. The quantitative estimate of drug-likeness (QED) is 0.445. The van der Waals surface area contributed by atoms with Crippen LogP contribution in [0.15, 0.2) is 12.3 Å². The van der Waals surface area contributed by atoms with Crippen molar-refractivity contribution < 1.29 is 32.2 Å². The molecule has 3 aliphatic rings. The van der Waals surface area contributed by atoms with Gasteiger partial charge in [-0.25, -0.2) is 9.78 Å². The highest BCUT2D eigenvalue weighted by atomic mass is 19.4. The fourth-order valence-electron chi connectivity index (χ4n) is 6.70. The fourth-order valence-corrected chi connectivity index (χ4v) is 6.70. The molecule has 0 aromatic carbocycles. The van der Waals surface area contributed by atoms with E-state index in [1.807, 2.05) is 34.6 Å². The topological polar surface area (TPSA) is 120 Å². The number of carbonyl (C=O) groups is 2. The zero-order chi connectivity index (χ0) is 33.6. The number of piperidine rings is 1. The second kappa shape index (κ2) is 12.6. The molecule has 3 saturated heterocycles. The molecule has 3 fully saturated rings. The number of nitrogens with zero attached hydrogens (tertiary/aromatic N) is 8. The Hall–Kier alpha value is -4.06. The van der Waals surface area contributed by atoms with Gasteiger partial charge in [-0.05, 0) is 46.1 Å². The highest BCUT2D eigenvalue weighted by molar-refractivity contribution is 5.78. The number of carbonyl (C=O) groups excluding carboxylic acids is 2. The van der Waals surface area contributed by atoms with E-state index in [2.05, 4.69) is 10.1 Å². The van der Waals surface area contributed by atoms with E-state index < -0.39 is 41.1 Å². The minimum atomic E-state index is -4.82. The Labute approximate surface area is 266 Å². The van der Waals surface area contributed by atoms with E-state index >= 15 is 0 Å². The number of alkyl halides is 3. The number of aromatic nitrogens is 3. The number of rotatable bonds is 5. The largest absolute Gasteiger partial charge is 0.468 e. The van der Waals surface area contributed by atoms with Gasteiger partial charge in [-0.3, -0.25) is 14.4 Å². The number of esters is 1. The lowest BCUT2D eigenvalue weighted by Crippen LogP contribution is -2.68. The van der Waals surface area contributed by atoms with Crippen LogP contribution in [-0.4, -0.2) is 107 Å². The molecule has 2 aromatic rings. The van der Waals surface area contributed by atoms with Crippen molar-refractivity contribution >= 4 is 23.6 Å². The van der Waals surface area contributed by atoms with Gasteiger partial charge < -0.3 is 24.2 Å². The van der Waals surface area contributed by atoms with Gasteiger partial charge in [0, 0.05) is 70.0 Å². The van der Waals surface area contributed by atoms with Gasteiger partial charge in [-0.2, -0.15) is 23.5 Å². The number of amides is 1. The van der Waals surface area contributed by atoms with E-state index in [1.165, 1.54) is 12.0 Å². The third kappa shape index (κ3) is 6.72. The molecule has 1 unspecified atom stereocenters. The first-order valence-electron chi connectivity index (χ1n) is 15.4. The Kier molecular flexibility index (Phi) is 9.14. The molecule has 15 heteroatoms. The molecule has 0 radical (unpaired) electrons. The third-order valence-electron chi connectivity index (χ3n) is 8.97. The number of piperazine rings is 1. The Balaban J connectivity index is 1.34. The fraction of sp³-hybridized carbons (Fsp3) is 0.645. The van der Waals surface area contributed by atoms with Crippen LogP contribution in [0.3, 0.4) is 0 Å². The van der Waals surface area contributed by atoms with Crippen molar-refractivity contribution in [3.05, 3.63) is 34.8 Å². The number of halogens is 3. The average Bonchev–Trinajstić information content (AvgIpc) is 3.31. The molecule has 5 rings (SSSR count). The molecule has 12 nitrogen and oxygen atoms in total. The van der Waals surface area contributed by atoms with Gasteiger partial charge in [0.1, 0.15) is 29.1 Å². The van der Waals surface area contributed by atoms with Gasteiger partial charge >= 0.3 is 18.2 Å². The molecule has 46 heavy (non-hydrogen) atoms. The van der Waals surface area contributed by atoms with Crippen LogP contribution >= 0.6 is 0 Å². The molecule has 5 heterocycles. The molecule has 1 atom stereocenters. The Morgan fingerprint density at radius 1 is 1.04 bits per heavy atom. The first kappa shape index (κ1) is 33.3. The van der Waals surface area contributed by atoms with Crippen molar-refractivity contribution in [3.63, 3.8) is 0 Å². The predicted octanol–water partition coefficient (Wildman–Crippen LogP) is 3.68. The lowest BCUT2D eigenvalue weighted by Gasteiger charge is -2.51. The number of pyridine rings is 1. The second-order valence-corrected chi connectivity index (χ2v) is 13.2. The van der Waals surface area contributed by atoms with Crippen molar-refractivity contribution in [1.82, 2.24) is 24.6 Å². The van der Waals surface area contributed by atoms with Gasteiger partial charge in [0.05, 0.1) is 25.5 Å². The Morgan fingerprint density at radius 2 is 1.72 bits per heavy atom. The van der Waals surface area contributed by atoms with Crippen LogP contribution in [0.2, 0.25) is 0 Å². The molecule has 1 amide bonds. The number of ether oxygens (including phenoxy) is 2. The number of hydrogen-bond donors (Lipinski definition) is 0. The number of nitriles is 1. The Bertz CT molecular complexity index is 1480. The molecule has 250 valence electrons. The van der Waals surface area contributed by atoms with Crippen LogP contribution in [0, 0.1) is 18.3 Å². The zero-order valence-electron chi connectivity index (χ0n) is 27.1. The molecular formula is C31H41F3N8O4. The van der Waals surface area contributed by atoms with Crippen molar-refractivity contribution in [1.29, 1.82) is 5.26 Å². The number of hydrogen-bond acceptors (Lipinski definition) is 10. The minimum Gasteiger partial charge on any atom is -0.468 e. The summed E-state index contributed by atoms with van der Waals surface area (Å²) in [6.07, 6.45) is -2.07. The average molecular weight is 647 g/mol. The van der Waals surface area contributed by atoms with Gasteiger partial charge in [0.15, 0.2) is 5.69 Å². The summed E-state index contributed by atoms with van der Waals surface area (Å²) in [4.78, 5) is 36.5. The summed E-state index contributed by atoms with van der Waals surface area (Å²) in [6, 6.07) is 2.36. The summed E-state index contributed by atoms with van der Waals surface area (Å²) in [5, 5.41) is 14.2. The molecule has 0 saturated carbocycles. The van der Waals surface area contributed by atoms with Crippen molar-refractivity contribution in [2.24, 2.45) is 7.05 Å². The van der Waals surface area contributed by atoms with E-state index in [0.29, 0.717) is 26.2 Å². The molecule has 2 aromatic heterocycles. The molecule has 0 spiro atoms. The monoisotopic (exact) mass is 646 g/mol. The smallest absolute Gasteiger partial charge is 0.434 e. The summed E-state index contributed by atoms with van der Waals surface area (Å²) in [7, 11) is 3.17. The lowest BCUT2D eigenvalue weighted by molar-refractivity contribution is -0.151. The molecule has 0 bridgehead atoms. The molecular weight excluding hydrogens is 605 g/mol. The summed E-state index contributed by atoms with van der Waals surface area (Å²) < 4.78 is 55.2. The highest BCUT2D eigenvalue weighted by Gasteiger charge is 2.45. The first-order valence-corrected chi connectivity index (χ1v) is 15.4. The maximum absolute atomic E-state index is 14.3. The standard InChI is InChI=1S/C31H41F3N8O4/c1-19-15-36-38(5)26(19)20-7-9-39(10-8-20)25-13-23(22(14-35)27(37-25)31(32,33)34)41-16-21(17-41)42-12-11-40(18-24(42)28(43)45-6)29(44)46-30(2,3)4/h13,15,20-21,24H,7-12,16-18H2,1-6H3. The van der Waals surface area contributed by atoms with E-state index in [1.54, 1.807) is 37.8 Å². The highest BCUT2D eigenvalue weighted by Crippen LogP contribution is 2.40. The third-order valence-corrected chi connectivity index (χ3v) is 8.97. The predicted molar refractivity (Wildman–Crippen MR) is 162 cm³/mol. The summed E-state index contributed by atoms with van der Waals surface area (Å²) in [6.45, 7) is 9.62. The Morgan fingerprint density at radius 3 is 2.26 bits per heavy atom. The van der Waals surface area contributed by atoms with Crippen LogP contribution < -0.4 is 9.80 Å². The van der Waals surface area contributed by atoms with Crippen molar-refractivity contribution in [2.75, 3.05) is 62.7 Å². The number of aryl methyl sites for hydroxylation is 2.